The van der Waals surface area contributed by atoms with Gasteiger partial charge in [-0.2, -0.15) is 0 Å². The summed E-state index contributed by atoms with van der Waals surface area (Å²) in [6, 6.07) is 14.1. The Hall–Kier alpha value is -2.38. The lowest BCUT2D eigenvalue weighted by atomic mass is 9.99. The van der Waals surface area contributed by atoms with E-state index in [1.807, 2.05) is 37.3 Å². The van der Waals surface area contributed by atoms with Gasteiger partial charge in [-0.05, 0) is 25.8 Å². The first-order chi connectivity index (χ1) is 20.0. The summed E-state index contributed by atoms with van der Waals surface area (Å²) in [5.74, 6) is 1.44. The van der Waals surface area contributed by atoms with Crippen LogP contribution in [0.25, 0.3) is 21.5 Å². The fourth-order valence-corrected chi connectivity index (χ4v) is 5.03. The van der Waals surface area contributed by atoms with E-state index in [1.54, 1.807) is 0 Å². The summed E-state index contributed by atoms with van der Waals surface area (Å²) >= 11 is 0. The number of hydrogen-bond donors (Lipinski definition) is 2. The second-order valence-electron chi connectivity index (χ2n) is 11.2. The van der Waals surface area contributed by atoms with Crippen LogP contribution in [-0.2, 0) is 9.47 Å². The zero-order valence-corrected chi connectivity index (χ0v) is 25.5. The summed E-state index contributed by atoms with van der Waals surface area (Å²) in [5.41, 5.74) is 1.10. The highest BCUT2D eigenvalue weighted by Gasteiger charge is 2.18. The molecule has 0 aliphatic carbocycles. The summed E-state index contributed by atoms with van der Waals surface area (Å²) in [4.78, 5) is 0. The molecule has 41 heavy (non-hydrogen) atoms. The molecule has 0 heterocycles. The van der Waals surface area contributed by atoms with E-state index < -0.39 is 12.2 Å². The van der Waals surface area contributed by atoms with Crippen LogP contribution in [-0.4, -0.2) is 62.1 Å². The van der Waals surface area contributed by atoms with Crippen molar-refractivity contribution in [3.63, 3.8) is 0 Å². The van der Waals surface area contributed by atoms with Crippen LogP contribution < -0.4 is 9.47 Å². The number of benzene rings is 3. The number of fused-ring (bicyclic) bond motifs is 2. The third-order valence-electron chi connectivity index (χ3n) is 7.33. The van der Waals surface area contributed by atoms with Crippen LogP contribution in [0.15, 0.2) is 42.5 Å². The zero-order valence-electron chi connectivity index (χ0n) is 25.5. The Labute approximate surface area is 247 Å². The predicted octanol–water partition coefficient (Wildman–Crippen LogP) is 7.75. The third kappa shape index (κ3) is 11.1. The first-order valence-electron chi connectivity index (χ1n) is 15.8. The highest BCUT2D eigenvalue weighted by molar-refractivity contribution is 6.11. The average Bonchev–Trinajstić information content (AvgIpc) is 2.97. The maximum atomic E-state index is 10.6. The van der Waals surface area contributed by atoms with Gasteiger partial charge in [0.1, 0.15) is 36.9 Å². The first-order valence-corrected chi connectivity index (χ1v) is 15.8. The van der Waals surface area contributed by atoms with E-state index in [0.29, 0.717) is 19.0 Å². The van der Waals surface area contributed by atoms with Gasteiger partial charge >= 0.3 is 0 Å². The highest BCUT2D eigenvalue weighted by Crippen LogP contribution is 2.43. The fraction of sp³-hybridized carbons (Fsp3) is 0.600. The Kier molecular flexibility index (Phi) is 15.3. The normalized spacial score (nSPS) is 13.1. The Balaban J connectivity index is 1.64. The van der Waals surface area contributed by atoms with Crippen molar-refractivity contribution < 1.29 is 29.2 Å². The van der Waals surface area contributed by atoms with Crippen LogP contribution in [0.2, 0.25) is 0 Å². The molecule has 0 aromatic heterocycles. The van der Waals surface area contributed by atoms with Gasteiger partial charge < -0.3 is 29.2 Å². The minimum atomic E-state index is -0.720. The predicted molar refractivity (Wildman–Crippen MR) is 168 cm³/mol. The second kappa shape index (κ2) is 18.9. The van der Waals surface area contributed by atoms with Crippen molar-refractivity contribution in [2.75, 3.05) is 39.6 Å². The van der Waals surface area contributed by atoms with Crippen molar-refractivity contribution in [2.24, 2.45) is 0 Å². The van der Waals surface area contributed by atoms with Gasteiger partial charge in [0.15, 0.2) is 0 Å². The quantitative estimate of drug-likeness (QED) is 0.0953. The Morgan fingerprint density at radius 3 is 1.54 bits per heavy atom. The van der Waals surface area contributed by atoms with Crippen LogP contribution in [0, 0.1) is 6.92 Å². The van der Waals surface area contributed by atoms with Crippen molar-refractivity contribution in [1.82, 2.24) is 0 Å². The Bertz CT molecular complexity index is 1150. The lowest BCUT2D eigenvalue weighted by Crippen LogP contribution is -2.24. The molecule has 3 aromatic carbocycles. The summed E-state index contributed by atoms with van der Waals surface area (Å²) in [5, 5.41) is 24.8. The number of hydrogen-bond acceptors (Lipinski definition) is 6. The number of aliphatic hydroxyl groups is 2. The lowest BCUT2D eigenvalue weighted by molar-refractivity contribution is 0.0111. The number of unbranched alkanes of at least 4 members (excludes halogenated alkanes) is 8. The standard InChI is InChI=1S/C35H52O6/c1-4-6-8-10-14-20-38-23-28(36)25-40-34-30-16-12-13-17-31(30)35(33-22-27(3)18-19-32(33)34)41-26-29(37)24-39-21-15-11-9-7-5-2/h12-13,16-19,22,28-29,36-37H,4-11,14-15,20-21,23-26H2,1-3H3. The van der Waals surface area contributed by atoms with Gasteiger partial charge in [-0.3, -0.25) is 0 Å². The van der Waals surface area contributed by atoms with Crippen LogP contribution in [0.5, 0.6) is 11.5 Å². The minimum Gasteiger partial charge on any atom is -0.489 e. The van der Waals surface area contributed by atoms with Gasteiger partial charge in [-0.1, -0.05) is 107 Å². The van der Waals surface area contributed by atoms with Gasteiger partial charge in [0.05, 0.1) is 13.2 Å². The molecule has 0 bridgehead atoms. The number of rotatable bonds is 22. The maximum Gasteiger partial charge on any atom is 0.135 e. The lowest BCUT2D eigenvalue weighted by Gasteiger charge is -2.20. The van der Waals surface area contributed by atoms with Crippen LogP contribution >= 0.6 is 0 Å². The molecule has 228 valence electrons. The molecule has 2 unspecified atom stereocenters. The van der Waals surface area contributed by atoms with E-state index in [-0.39, 0.29) is 26.4 Å². The summed E-state index contributed by atoms with van der Waals surface area (Å²) in [7, 11) is 0. The molecular formula is C35H52O6. The molecular weight excluding hydrogens is 516 g/mol. The third-order valence-corrected chi connectivity index (χ3v) is 7.33. The van der Waals surface area contributed by atoms with Crippen molar-refractivity contribution in [3.8, 4) is 11.5 Å². The van der Waals surface area contributed by atoms with Crippen LogP contribution in [0.1, 0.15) is 83.6 Å². The minimum absolute atomic E-state index is 0.136. The van der Waals surface area contributed by atoms with Gasteiger partial charge in [-0.25, -0.2) is 0 Å². The Morgan fingerprint density at radius 1 is 0.561 bits per heavy atom. The molecule has 0 saturated heterocycles. The number of ether oxygens (including phenoxy) is 4. The average molecular weight is 569 g/mol. The SMILES string of the molecule is CCCCCCCOCC(O)COc1c2ccccc2c(OCC(O)COCCCCCCC)c2cc(C)ccc12. The number of aliphatic hydroxyl groups excluding tert-OH is 2. The monoisotopic (exact) mass is 568 g/mol. The van der Waals surface area contributed by atoms with E-state index in [9.17, 15) is 10.2 Å². The summed E-state index contributed by atoms with van der Waals surface area (Å²) < 4.78 is 24.0. The van der Waals surface area contributed by atoms with Crippen molar-refractivity contribution in [1.29, 1.82) is 0 Å². The highest BCUT2D eigenvalue weighted by atomic mass is 16.5. The molecule has 6 nitrogen and oxygen atoms in total. The fourth-order valence-electron chi connectivity index (χ4n) is 5.03. The maximum absolute atomic E-state index is 10.6. The summed E-state index contributed by atoms with van der Waals surface area (Å²) in [6.45, 7) is 8.56. The molecule has 0 amide bonds. The van der Waals surface area contributed by atoms with Crippen molar-refractivity contribution in [3.05, 3.63) is 48.0 Å². The van der Waals surface area contributed by atoms with Crippen LogP contribution in [0.3, 0.4) is 0 Å². The largest absolute Gasteiger partial charge is 0.489 e. The van der Waals surface area contributed by atoms with Gasteiger partial charge in [0.25, 0.3) is 0 Å². The molecule has 3 aromatic rings. The number of aryl methyl sites for hydroxylation is 1. The smallest absolute Gasteiger partial charge is 0.135 e. The van der Waals surface area contributed by atoms with E-state index in [0.717, 1.165) is 58.5 Å². The van der Waals surface area contributed by atoms with Gasteiger partial charge in [-0.15, -0.1) is 0 Å². The second-order valence-corrected chi connectivity index (χ2v) is 11.2. The van der Waals surface area contributed by atoms with Crippen molar-refractivity contribution in [2.45, 2.75) is 97.2 Å². The molecule has 0 aliphatic rings. The molecule has 3 rings (SSSR count). The topological polar surface area (TPSA) is 77.4 Å². The molecule has 0 aliphatic heterocycles. The van der Waals surface area contributed by atoms with E-state index in [2.05, 4.69) is 26.0 Å². The van der Waals surface area contributed by atoms with Crippen LogP contribution in [0.4, 0.5) is 0 Å². The molecule has 6 heteroatoms. The van der Waals surface area contributed by atoms with E-state index in [4.69, 9.17) is 18.9 Å². The van der Waals surface area contributed by atoms with E-state index in [1.165, 1.54) is 38.5 Å². The molecule has 0 radical (unpaired) electrons. The van der Waals surface area contributed by atoms with Crippen molar-refractivity contribution >= 4 is 21.5 Å². The van der Waals surface area contributed by atoms with E-state index >= 15 is 0 Å². The zero-order chi connectivity index (χ0) is 29.3. The molecule has 2 atom stereocenters. The molecule has 0 fully saturated rings. The molecule has 0 saturated carbocycles. The summed E-state index contributed by atoms with van der Waals surface area (Å²) in [6.07, 6.45) is 10.4. The van der Waals surface area contributed by atoms with Gasteiger partial charge in [0.2, 0.25) is 0 Å². The Morgan fingerprint density at radius 2 is 1.02 bits per heavy atom. The molecule has 2 N–H and O–H groups in total. The molecule has 0 spiro atoms. The van der Waals surface area contributed by atoms with Gasteiger partial charge in [0, 0.05) is 34.8 Å². The first kappa shape index (κ1) is 33.1.